The number of rotatable bonds is 2. The van der Waals surface area contributed by atoms with Gasteiger partial charge in [0.15, 0.2) is 0 Å². The van der Waals surface area contributed by atoms with E-state index in [1.165, 1.54) is 17.4 Å². The van der Waals surface area contributed by atoms with Gasteiger partial charge in [0.1, 0.15) is 5.69 Å². The first kappa shape index (κ1) is 19.9. The van der Waals surface area contributed by atoms with Gasteiger partial charge in [-0.1, -0.05) is 18.6 Å². The summed E-state index contributed by atoms with van der Waals surface area (Å²) < 4.78 is 39.7. The van der Waals surface area contributed by atoms with Gasteiger partial charge in [0.2, 0.25) is 5.91 Å². The van der Waals surface area contributed by atoms with Gasteiger partial charge in [-0.3, -0.25) is 9.59 Å². The predicted octanol–water partition coefficient (Wildman–Crippen LogP) is 4.18. The second-order valence-corrected chi connectivity index (χ2v) is 8.17. The maximum absolute atomic E-state index is 13.2. The molecule has 154 valence electrons. The highest BCUT2D eigenvalue weighted by Crippen LogP contribution is 2.41. The second-order valence-electron chi connectivity index (χ2n) is 7.45. The van der Waals surface area contributed by atoms with Crippen LogP contribution in [0.3, 0.4) is 0 Å². The number of alkyl halides is 3. The number of carbonyl (C=O) groups excluding carboxylic acids is 2. The van der Waals surface area contributed by atoms with Crippen LogP contribution in [0.5, 0.6) is 0 Å². The molecule has 5 nitrogen and oxygen atoms in total. The third kappa shape index (κ3) is 4.01. The van der Waals surface area contributed by atoms with Crippen molar-refractivity contribution in [1.82, 2.24) is 15.2 Å². The van der Waals surface area contributed by atoms with Crippen LogP contribution in [-0.2, 0) is 11.0 Å². The molecule has 2 saturated heterocycles. The smallest absolute Gasteiger partial charge is 0.351 e. The first-order valence-corrected chi connectivity index (χ1v) is 10.5. The molecular weight excluding hydrogens is 403 g/mol. The minimum Gasteiger partial charge on any atom is -0.351 e. The van der Waals surface area contributed by atoms with E-state index in [9.17, 15) is 22.8 Å². The third-order valence-electron chi connectivity index (χ3n) is 5.62. The Labute approximate surface area is 169 Å². The Morgan fingerprint density at radius 2 is 2.10 bits per heavy atom. The van der Waals surface area contributed by atoms with Gasteiger partial charge in [0.25, 0.3) is 5.91 Å². The topological polar surface area (TPSA) is 62.3 Å². The third-order valence-corrected chi connectivity index (χ3v) is 6.21. The van der Waals surface area contributed by atoms with Crippen LogP contribution < -0.4 is 5.32 Å². The first-order chi connectivity index (χ1) is 13.8. The molecule has 2 amide bonds. The van der Waals surface area contributed by atoms with Crippen LogP contribution in [0, 0.1) is 0 Å². The van der Waals surface area contributed by atoms with Crippen LogP contribution >= 0.6 is 11.3 Å². The van der Waals surface area contributed by atoms with Gasteiger partial charge in [0, 0.05) is 11.8 Å². The summed E-state index contributed by atoms with van der Waals surface area (Å²) in [5.41, 5.74) is 1.51. The molecule has 0 aliphatic carbocycles. The van der Waals surface area contributed by atoms with Crippen LogP contribution in [0.25, 0.3) is 0 Å². The minimum atomic E-state index is -4.46. The number of nitrogens with zero attached hydrogens (tertiary/aromatic N) is 2. The van der Waals surface area contributed by atoms with E-state index in [1.54, 1.807) is 21.9 Å². The summed E-state index contributed by atoms with van der Waals surface area (Å²) in [4.78, 5) is 31.1. The summed E-state index contributed by atoms with van der Waals surface area (Å²) in [5, 5.41) is 4.62. The van der Waals surface area contributed by atoms with Crippen molar-refractivity contribution in [3.8, 4) is 0 Å². The highest BCUT2D eigenvalue weighted by atomic mass is 32.1. The van der Waals surface area contributed by atoms with Crippen molar-refractivity contribution in [1.29, 1.82) is 0 Å². The monoisotopic (exact) mass is 423 g/mol. The molecule has 0 radical (unpaired) electrons. The van der Waals surface area contributed by atoms with E-state index < -0.39 is 17.8 Å². The van der Waals surface area contributed by atoms with Crippen LogP contribution in [0.1, 0.15) is 59.8 Å². The number of thiazole rings is 1. The van der Waals surface area contributed by atoms with E-state index in [4.69, 9.17) is 0 Å². The Hall–Kier alpha value is -2.42. The lowest BCUT2D eigenvalue weighted by atomic mass is 9.97. The van der Waals surface area contributed by atoms with E-state index in [1.807, 2.05) is 0 Å². The zero-order chi connectivity index (χ0) is 20.6. The number of hydrogen-bond donors (Lipinski definition) is 1. The normalized spacial score (nSPS) is 25.1. The molecule has 29 heavy (non-hydrogen) atoms. The Balaban J connectivity index is 1.74. The molecular formula is C20H20F3N3O2S. The van der Waals surface area contributed by atoms with E-state index in [-0.39, 0.29) is 29.6 Å². The number of fused-ring (bicyclic) bond motifs is 1. The molecule has 0 bridgehead atoms. The summed E-state index contributed by atoms with van der Waals surface area (Å²) in [5.74, 6) is -0.388. The number of benzene rings is 1. The average Bonchev–Trinajstić information content (AvgIpc) is 3.31. The van der Waals surface area contributed by atoms with Crippen LogP contribution in [-0.4, -0.2) is 33.8 Å². The zero-order valence-electron chi connectivity index (χ0n) is 15.5. The average molecular weight is 423 g/mol. The molecule has 3 heterocycles. The van der Waals surface area contributed by atoms with Crippen molar-refractivity contribution < 1.29 is 22.8 Å². The molecule has 4 rings (SSSR count). The second kappa shape index (κ2) is 7.78. The number of likely N-dealkylation sites (tertiary alicyclic amines) is 1. The van der Waals surface area contributed by atoms with E-state index >= 15 is 0 Å². The number of aromatic nitrogens is 1. The van der Waals surface area contributed by atoms with Crippen molar-refractivity contribution in [2.24, 2.45) is 0 Å². The fraction of sp³-hybridized carbons (Fsp3) is 0.450. The van der Waals surface area contributed by atoms with E-state index in [2.05, 4.69) is 10.3 Å². The van der Waals surface area contributed by atoms with Crippen molar-refractivity contribution in [3.63, 3.8) is 0 Å². The maximum Gasteiger partial charge on any atom is 0.416 e. The lowest BCUT2D eigenvalue weighted by Gasteiger charge is -2.32. The molecule has 0 spiro atoms. The van der Waals surface area contributed by atoms with Crippen LogP contribution in [0.4, 0.5) is 13.2 Å². The van der Waals surface area contributed by atoms with E-state index in [0.717, 1.165) is 25.0 Å². The highest BCUT2D eigenvalue weighted by molar-refractivity contribution is 7.07. The van der Waals surface area contributed by atoms with Gasteiger partial charge in [-0.2, -0.15) is 13.2 Å². The number of nitrogens with one attached hydrogen (secondary N) is 1. The van der Waals surface area contributed by atoms with Crippen molar-refractivity contribution >= 4 is 23.2 Å². The largest absolute Gasteiger partial charge is 0.416 e. The van der Waals surface area contributed by atoms with Gasteiger partial charge >= 0.3 is 6.18 Å². The van der Waals surface area contributed by atoms with Gasteiger partial charge in [0.05, 0.1) is 29.2 Å². The van der Waals surface area contributed by atoms with Crippen molar-refractivity contribution in [2.75, 3.05) is 0 Å². The molecule has 1 N–H and O–H groups in total. The standard InChI is InChI=1S/C20H20F3N3O2S/c21-20(22,23)13-5-3-4-12(8-13)17-9-14-16(6-1-2-7-18(27)25-14)26(17)19(28)15-10-29-11-24-15/h3-5,8,10-11,14,16-17H,1-2,6-7,9H2,(H,25,27)/t14-,16+,17+/m1/s1. The Morgan fingerprint density at radius 1 is 1.28 bits per heavy atom. The summed E-state index contributed by atoms with van der Waals surface area (Å²) in [7, 11) is 0. The molecule has 1 aromatic carbocycles. The molecule has 0 unspecified atom stereocenters. The molecule has 2 fully saturated rings. The molecule has 1 aromatic heterocycles. The number of hydrogen-bond acceptors (Lipinski definition) is 4. The summed E-state index contributed by atoms with van der Waals surface area (Å²) in [6, 6.07) is 3.99. The van der Waals surface area contributed by atoms with Crippen molar-refractivity contribution in [3.05, 3.63) is 52.0 Å². The molecule has 2 aromatic rings. The quantitative estimate of drug-likeness (QED) is 0.789. The van der Waals surface area contributed by atoms with Gasteiger partial charge in [-0.05, 0) is 37.0 Å². The van der Waals surface area contributed by atoms with Gasteiger partial charge < -0.3 is 10.2 Å². The van der Waals surface area contributed by atoms with E-state index in [0.29, 0.717) is 24.8 Å². The molecule has 3 atom stereocenters. The highest BCUT2D eigenvalue weighted by Gasteiger charge is 2.46. The number of amides is 2. The Morgan fingerprint density at radius 3 is 2.83 bits per heavy atom. The molecule has 0 saturated carbocycles. The zero-order valence-corrected chi connectivity index (χ0v) is 16.3. The summed E-state index contributed by atoms with van der Waals surface area (Å²) in [6.45, 7) is 0. The number of carbonyl (C=O) groups is 2. The molecule has 2 aliphatic rings. The fourth-order valence-corrected chi connectivity index (χ4v) is 4.84. The first-order valence-electron chi connectivity index (χ1n) is 9.52. The SMILES string of the molecule is O=C1CCCC[C@H]2[C@@H](C[C@@H](c3cccc(C(F)(F)F)c3)N2C(=O)c2cscn2)N1. The minimum absolute atomic E-state index is 0.0783. The maximum atomic E-state index is 13.2. The van der Waals surface area contributed by atoms with Gasteiger partial charge in [-0.15, -0.1) is 11.3 Å². The summed E-state index contributed by atoms with van der Waals surface area (Å²) >= 11 is 1.29. The lowest BCUT2D eigenvalue weighted by molar-refractivity contribution is -0.137. The molecule has 2 aliphatic heterocycles. The van der Waals surface area contributed by atoms with Crippen LogP contribution in [0.2, 0.25) is 0 Å². The predicted molar refractivity (Wildman–Crippen MR) is 101 cm³/mol. The fourth-order valence-electron chi connectivity index (χ4n) is 4.31. The Kier molecular flexibility index (Phi) is 5.33. The lowest BCUT2D eigenvalue weighted by Crippen LogP contribution is -2.48. The molecule has 9 heteroatoms. The van der Waals surface area contributed by atoms with Crippen LogP contribution in [0.15, 0.2) is 35.2 Å². The van der Waals surface area contributed by atoms with Crippen molar-refractivity contribution in [2.45, 2.75) is 56.4 Å². The summed E-state index contributed by atoms with van der Waals surface area (Å²) in [6.07, 6.45) is -1.46. The van der Waals surface area contributed by atoms with Gasteiger partial charge in [-0.25, -0.2) is 4.98 Å². The number of halogens is 3. The Bertz CT molecular complexity index is 901.